The highest BCUT2D eigenvalue weighted by atomic mass is 14.9. The van der Waals surface area contributed by atoms with Gasteiger partial charge in [0.1, 0.15) is 0 Å². The van der Waals surface area contributed by atoms with Crippen molar-refractivity contribution >= 4 is 0 Å². The maximum atomic E-state index is 3.48. The summed E-state index contributed by atoms with van der Waals surface area (Å²) >= 11 is 0. The van der Waals surface area contributed by atoms with E-state index in [0.717, 1.165) is 19.6 Å². The fraction of sp³-hybridized carbons (Fsp3) is 0.625. The maximum absolute atomic E-state index is 3.48. The first-order chi connectivity index (χ1) is 8.59. The van der Waals surface area contributed by atoms with Crippen molar-refractivity contribution in [2.24, 2.45) is 0 Å². The maximum Gasteiger partial charge on any atom is 0.0205 e. The minimum atomic E-state index is 0.591. The Labute approximate surface area is 112 Å². The van der Waals surface area contributed by atoms with E-state index in [2.05, 4.69) is 62.6 Å². The highest BCUT2D eigenvalue weighted by molar-refractivity contribution is 5.24. The molecule has 0 fully saturated rings. The summed E-state index contributed by atoms with van der Waals surface area (Å²) in [6, 6.07) is 9.53. The van der Waals surface area contributed by atoms with Crippen molar-refractivity contribution in [1.29, 1.82) is 0 Å². The second-order valence-corrected chi connectivity index (χ2v) is 5.54. The van der Waals surface area contributed by atoms with Gasteiger partial charge in [-0.1, -0.05) is 52.0 Å². The van der Waals surface area contributed by atoms with Gasteiger partial charge in [0.25, 0.3) is 0 Å². The van der Waals surface area contributed by atoms with Crippen molar-refractivity contribution in [3.05, 3.63) is 35.4 Å². The predicted molar refractivity (Wildman–Crippen MR) is 80.0 cm³/mol. The number of rotatable bonds is 8. The Kier molecular flexibility index (Phi) is 6.99. The van der Waals surface area contributed by atoms with E-state index in [-0.39, 0.29) is 0 Å². The molecule has 1 rings (SSSR count). The number of nitrogens with one attached hydrogen (secondary N) is 2. The molecule has 0 aliphatic rings. The molecule has 18 heavy (non-hydrogen) atoms. The van der Waals surface area contributed by atoms with E-state index in [9.17, 15) is 0 Å². The van der Waals surface area contributed by atoms with Crippen LogP contribution in [0.5, 0.6) is 0 Å². The van der Waals surface area contributed by atoms with Crippen LogP contribution in [-0.2, 0) is 6.54 Å². The fourth-order valence-electron chi connectivity index (χ4n) is 1.86. The highest BCUT2D eigenvalue weighted by Crippen LogP contribution is 2.14. The van der Waals surface area contributed by atoms with E-state index in [1.54, 1.807) is 0 Å². The van der Waals surface area contributed by atoms with Crippen molar-refractivity contribution in [2.75, 3.05) is 13.1 Å². The molecule has 0 aromatic heterocycles. The summed E-state index contributed by atoms with van der Waals surface area (Å²) in [5.41, 5.74) is 2.79. The molecule has 102 valence electrons. The SMILES string of the molecule is CC(C)NCCCNCc1ccc(C(C)C)cc1. The molecule has 0 spiro atoms. The molecule has 0 amide bonds. The largest absolute Gasteiger partial charge is 0.314 e. The Balaban J connectivity index is 2.15. The normalized spacial score (nSPS) is 11.4. The van der Waals surface area contributed by atoms with Crippen molar-refractivity contribution in [3.63, 3.8) is 0 Å². The molecule has 0 radical (unpaired) electrons. The minimum Gasteiger partial charge on any atom is -0.314 e. The zero-order valence-electron chi connectivity index (χ0n) is 12.3. The molecule has 0 heterocycles. The summed E-state index contributed by atoms with van der Waals surface area (Å²) in [5, 5.41) is 6.91. The lowest BCUT2D eigenvalue weighted by atomic mass is 10.0. The lowest BCUT2D eigenvalue weighted by Gasteiger charge is -2.09. The molecule has 0 unspecified atom stereocenters. The van der Waals surface area contributed by atoms with Crippen LogP contribution in [0, 0.1) is 0 Å². The monoisotopic (exact) mass is 248 g/mol. The van der Waals surface area contributed by atoms with Crippen LogP contribution in [-0.4, -0.2) is 19.1 Å². The molecular formula is C16H28N2. The number of hydrogen-bond donors (Lipinski definition) is 2. The molecule has 0 aliphatic heterocycles. The summed E-state index contributed by atoms with van der Waals surface area (Å²) in [6.07, 6.45) is 1.18. The van der Waals surface area contributed by atoms with Gasteiger partial charge in [0, 0.05) is 12.6 Å². The quantitative estimate of drug-likeness (QED) is 0.690. The van der Waals surface area contributed by atoms with Crippen LogP contribution in [0.1, 0.15) is 51.2 Å². The Hall–Kier alpha value is -0.860. The predicted octanol–water partition coefficient (Wildman–Crippen LogP) is 3.29. The third-order valence-corrected chi connectivity index (χ3v) is 3.06. The lowest BCUT2D eigenvalue weighted by molar-refractivity contribution is 0.547. The van der Waals surface area contributed by atoms with Gasteiger partial charge >= 0.3 is 0 Å². The second kappa shape index (κ2) is 8.28. The van der Waals surface area contributed by atoms with Crippen molar-refractivity contribution in [1.82, 2.24) is 10.6 Å². The van der Waals surface area contributed by atoms with Crippen molar-refractivity contribution in [3.8, 4) is 0 Å². The van der Waals surface area contributed by atoms with E-state index >= 15 is 0 Å². The van der Waals surface area contributed by atoms with Gasteiger partial charge in [0.2, 0.25) is 0 Å². The Morgan fingerprint density at radius 2 is 1.61 bits per heavy atom. The molecule has 0 saturated carbocycles. The van der Waals surface area contributed by atoms with E-state index in [0.29, 0.717) is 12.0 Å². The molecule has 0 bridgehead atoms. The molecule has 0 saturated heterocycles. The Bertz CT molecular complexity index is 314. The standard InChI is InChI=1S/C16H28N2/c1-13(2)16-8-6-15(7-9-16)12-17-10-5-11-18-14(3)4/h6-9,13-14,17-18H,5,10-12H2,1-4H3. The van der Waals surface area contributed by atoms with E-state index in [4.69, 9.17) is 0 Å². The number of hydrogen-bond acceptors (Lipinski definition) is 2. The van der Waals surface area contributed by atoms with Crippen molar-refractivity contribution < 1.29 is 0 Å². The van der Waals surface area contributed by atoms with Crippen molar-refractivity contribution in [2.45, 2.75) is 52.6 Å². The Morgan fingerprint density at radius 3 is 2.17 bits per heavy atom. The molecule has 2 heteroatoms. The van der Waals surface area contributed by atoms with Crippen LogP contribution >= 0.6 is 0 Å². The average Bonchev–Trinajstić information content (AvgIpc) is 2.34. The summed E-state index contributed by atoms with van der Waals surface area (Å²) in [4.78, 5) is 0. The molecule has 2 N–H and O–H groups in total. The molecule has 1 aromatic carbocycles. The van der Waals surface area contributed by atoms with Gasteiger partial charge < -0.3 is 10.6 Å². The topological polar surface area (TPSA) is 24.1 Å². The Morgan fingerprint density at radius 1 is 0.944 bits per heavy atom. The fourth-order valence-corrected chi connectivity index (χ4v) is 1.86. The van der Waals surface area contributed by atoms with E-state index in [1.807, 2.05) is 0 Å². The first kappa shape index (κ1) is 15.2. The third-order valence-electron chi connectivity index (χ3n) is 3.06. The lowest BCUT2D eigenvalue weighted by Crippen LogP contribution is -2.26. The van der Waals surface area contributed by atoms with Crippen LogP contribution in [0.15, 0.2) is 24.3 Å². The highest BCUT2D eigenvalue weighted by Gasteiger charge is 1.98. The summed E-state index contributed by atoms with van der Waals surface area (Å²) < 4.78 is 0. The first-order valence-corrected chi connectivity index (χ1v) is 7.12. The van der Waals surface area contributed by atoms with Crippen LogP contribution < -0.4 is 10.6 Å². The van der Waals surface area contributed by atoms with Crippen LogP contribution in [0.2, 0.25) is 0 Å². The zero-order chi connectivity index (χ0) is 13.4. The van der Waals surface area contributed by atoms with Crippen LogP contribution in [0.25, 0.3) is 0 Å². The number of benzene rings is 1. The summed E-state index contributed by atoms with van der Waals surface area (Å²) in [5.74, 6) is 0.620. The first-order valence-electron chi connectivity index (χ1n) is 7.12. The van der Waals surface area contributed by atoms with Gasteiger partial charge in [-0.05, 0) is 36.6 Å². The summed E-state index contributed by atoms with van der Waals surface area (Å²) in [6.45, 7) is 12.0. The second-order valence-electron chi connectivity index (χ2n) is 5.54. The van der Waals surface area contributed by atoms with Gasteiger partial charge in [0.15, 0.2) is 0 Å². The van der Waals surface area contributed by atoms with Crippen LogP contribution in [0.3, 0.4) is 0 Å². The van der Waals surface area contributed by atoms with Gasteiger partial charge in [-0.15, -0.1) is 0 Å². The zero-order valence-corrected chi connectivity index (χ0v) is 12.3. The van der Waals surface area contributed by atoms with Crippen LogP contribution in [0.4, 0.5) is 0 Å². The molecular weight excluding hydrogens is 220 g/mol. The van der Waals surface area contributed by atoms with E-state index in [1.165, 1.54) is 17.5 Å². The average molecular weight is 248 g/mol. The third kappa shape index (κ3) is 6.18. The van der Waals surface area contributed by atoms with E-state index < -0.39 is 0 Å². The molecule has 0 atom stereocenters. The summed E-state index contributed by atoms with van der Waals surface area (Å²) in [7, 11) is 0. The van der Waals surface area contributed by atoms with Gasteiger partial charge in [-0.25, -0.2) is 0 Å². The molecule has 2 nitrogen and oxygen atoms in total. The molecule has 1 aromatic rings. The van der Waals surface area contributed by atoms with Gasteiger partial charge in [-0.2, -0.15) is 0 Å². The van der Waals surface area contributed by atoms with Gasteiger partial charge in [0.05, 0.1) is 0 Å². The minimum absolute atomic E-state index is 0.591. The smallest absolute Gasteiger partial charge is 0.0205 e. The van der Waals surface area contributed by atoms with Gasteiger partial charge in [-0.3, -0.25) is 0 Å². The molecule has 0 aliphatic carbocycles.